The Morgan fingerprint density at radius 2 is 2.25 bits per heavy atom. The molecule has 20 heavy (non-hydrogen) atoms. The lowest BCUT2D eigenvalue weighted by atomic mass is 10.0. The number of hydrogen-bond acceptors (Lipinski definition) is 2. The number of halogens is 1. The second-order valence-corrected chi connectivity index (χ2v) is 5.20. The molecular formula is C16H19FN2O. The predicted octanol–water partition coefficient (Wildman–Crippen LogP) is 2.55. The van der Waals surface area contributed by atoms with E-state index in [0.717, 1.165) is 18.7 Å². The third-order valence-electron chi connectivity index (χ3n) is 3.42. The Kier molecular flexibility index (Phi) is 4.38. The average molecular weight is 274 g/mol. The lowest BCUT2D eigenvalue weighted by Gasteiger charge is -2.19. The van der Waals surface area contributed by atoms with E-state index in [1.54, 1.807) is 17.0 Å². The van der Waals surface area contributed by atoms with Gasteiger partial charge in [0.25, 0.3) is 0 Å². The van der Waals surface area contributed by atoms with Crippen LogP contribution in [-0.2, 0) is 4.79 Å². The van der Waals surface area contributed by atoms with Crippen LogP contribution in [0.1, 0.15) is 17.9 Å². The highest BCUT2D eigenvalue weighted by Gasteiger charge is 2.35. The lowest BCUT2D eigenvalue weighted by Crippen LogP contribution is -2.31. The number of fused-ring (bicyclic) bond motifs is 1. The summed E-state index contributed by atoms with van der Waals surface area (Å²) in [6.07, 6.45) is 2.48. The Bertz CT molecular complexity index is 562. The number of carbonyl (C=O) groups excluding carboxylic acids is 1. The highest BCUT2D eigenvalue weighted by Crippen LogP contribution is 2.38. The van der Waals surface area contributed by atoms with Gasteiger partial charge in [-0.2, -0.15) is 0 Å². The fourth-order valence-electron chi connectivity index (χ4n) is 2.49. The van der Waals surface area contributed by atoms with Crippen LogP contribution in [-0.4, -0.2) is 38.0 Å². The lowest BCUT2D eigenvalue weighted by molar-refractivity contribution is -0.118. The Morgan fingerprint density at radius 1 is 1.50 bits per heavy atom. The first-order valence-corrected chi connectivity index (χ1v) is 6.66. The molecule has 106 valence electrons. The van der Waals surface area contributed by atoms with Gasteiger partial charge in [-0.3, -0.25) is 4.79 Å². The zero-order valence-electron chi connectivity index (χ0n) is 11.9. The van der Waals surface area contributed by atoms with E-state index in [1.165, 1.54) is 12.1 Å². The molecule has 0 N–H and O–H groups in total. The minimum absolute atomic E-state index is 0.0273. The summed E-state index contributed by atoms with van der Waals surface area (Å²) in [5.41, 5.74) is 4.14. The van der Waals surface area contributed by atoms with Crippen LogP contribution in [0.15, 0.2) is 36.6 Å². The second-order valence-electron chi connectivity index (χ2n) is 5.20. The van der Waals surface area contributed by atoms with Crippen molar-refractivity contribution >= 4 is 11.6 Å². The molecule has 4 heteroatoms. The van der Waals surface area contributed by atoms with E-state index in [1.807, 2.05) is 14.1 Å². The van der Waals surface area contributed by atoms with Gasteiger partial charge < -0.3 is 9.80 Å². The largest absolute Gasteiger partial charge is 0.311 e. The molecule has 0 aliphatic carbocycles. The van der Waals surface area contributed by atoms with Gasteiger partial charge in [-0.15, -0.1) is 5.73 Å². The molecule has 1 aromatic carbocycles. The van der Waals surface area contributed by atoms with Crippen LogP contribution >= 0.6 is 0 Å². The number of amides is 1. The van der Waals surface area contributed by atoms with Crippen molar-refractivity contribution in [3.05, 3.63) is 48.0 Å². The molecule has 0 saturated heterocycles. The van der Waals surface area contributed by atoms with Crippen LogP contribution in [0.3, 0.4) is 0 Å². The molecule has 1 aromatic rings. The van der Waals surface area contributed by atoms with E-state index >= 15 is 0 Å². The zero-order valence-corrected chi connectivity index (χ0v) is 11.9. The maximum atomic E-state index is 13.4. The Labute approximate surface area is 119 Å². The van der Waals surface area contributed by atoms with Crippen molar-refractivity contribution in [2.45, 2.75) is 12.3 Å². The van der Waals surface area contributed by atoms with Gasteiger partial charge in [0.15, 0.2) is 0 Å². The van der Waals surface area contributed by atoms with Gasteiger partial charge in [-0.05, 0) is 56.9 Å². The number of nitrogens with zero attached hydrogens (tertiary/aromatic N) is 2. The van der Waals surface area contributed by atoms with Gasteiger partial charge in [0.05, 0.1) is 5.92 Å². The molecule has 1 aliphatic rings. The minimum atomic E-state index is -0.461. The normalized spacial score (nSPS) is 17.3. The predicted molar refractivity (Wildman–Crippen MR) is 78.4 cm³/mol. The summed E-state index contributed by atoms with van der Waals surface area (Å²) in [5, 5.41) is 0. The number of anilines is 1. The van der Waals surface area contributed by atoms with Crippen molar-refractivity contribution in [2.24, 2.45) is 0 Å². The fourth-order valence-corrected chi connectivity index (χ4v) is 2.49. The Morgan fingerprint density at radius 3 is 2.90 bits per heavy atom. The molecule has 1 unspecified atom stereocenters. The first-order valence-electron chi connectivity index (χ1n) is 6.66. The van der Waals surface area contributed by atoms with Gasteiger partial charge in [0.2, 0.25) is 5.91 Å². The monoisotopic (exact) mass is 274 g/mol. The van der Waals surface area contributed by atoms with E-state index in [4.69, 9.17) is 0 Å². The summed E-state index contributed by atoms with van der Waals surface area (Å²) >= 11 is 0. The molecule has 1 aliphatic heterocycles. The summed E-state index contributed by atoms with van der Waals surface area (Å²) in [4.78, 5) is 16.2. The van der Waals surface area contributed by atoms with Crippen molar-refractivity contribution in [2.75, 3.05) is 32.1 Å². The molecule has 0 radical (unpaired) electrons. The van der Waals surface area contributed by atoms with E-state index in [2.05, 4.69) is 17.2 Å². The third kappa shape index (κ3) is 2.82. The summed E-state index contributed by atoms with van der Waals surface area (Å²) in [6.45, 7) is 5.05. The molecule has 0 saturated carbocycles. The minimum Gasteiger partial charge on any atom is -0.311 e. The van der Waals surface area contributed by atoms with Crippen LogP contribution in [0, 0.1) is 5.82 Å². The Hall–Kier alpha value is -1.90. The summed E-state index contributed by atoms with van der Waals surface area (Å²) < 4.78 is 13.4. The smallest absolute Gasteiger partial charge is 0.239 e. The van der Waals surface area contributed by atoms with Gasteiger partial charge in [0.1, 0.15) is 5.82 Å². The summed E-state index contributed by atoms with van der Waals surface area (Å²) in [6, 6.07) is 4.50. The SMILES string of the molecule is C=C=CC1C(=O)N(CCCN(C)C)c2ccc(F)cc21. The quantitative estimate of drug-likeness (QED) is 0.770. The van der Waals surface area contributed by atoms with Gasteiger partial charge >= 0.3 is 0 Å². The van der Waals surface area contributed by atoms with Crippen LogP contribution in [0.2, 0.25) is 0 Å². The topological polar surface area (TPSA) is 23.6 Å². The zero-order chi connectivity index (χ0) is 14.7. The standard InChI is InChI=1S/C16H19FN2O/c1-4-6-13-14-11-12(17)7-8-15(14)19(16(13)20)10-5-9-18(2)3/h6-8,11,13H,1,5,9-10H2,2-3H3. The van der Waals surface area contributed by atoms with Crippen molar-refractivity contribution in [3.63, 3.8) is 0 Å². The maximum absolute atomic E-state index is 13.4. The van der Waals surface area contributed by atoms with Crippen molar-refractivity contribution < 1.29 is 9.18 Å². The molecule has 0 bridgehead atoms. The van der Waals surface area contributed by atoms with Gasteiger partial charge in [-0.25, -0.2) is 4.39 Å². The molecule has 1 amide bonds. The fraction of sp³-hybridized carbons (Fsp3) is 0.375. The van der Waals surface area contributed by atoms with Crippen LogP contribution < -0.4 is 4.90 Å². The number of rotatable bonds is 5. The number of carbonyl (C=O) groups is 1. The molecule has 2 rings (SSSR count). The van der Waals surface area contributed by atoms with Crippen molar-refractivity contribution in [1.29, 1.82) is 0 Å². The first kappa shape index (κ1) is 14.5. The molecule has 3 nitrogen and oxygen atoms in total. The van der Waals surface area contributed by atoms with Crippen LogP contribution in [0.4, 0.5) is 10.1 Å². The third-order valence-corrected chi connectivity index (χ3v) is 3.42. The summed E-state index contributed by atoms with van der Waals surface area (Å²) in [7, 11) is 4.00. The highest BCUT2D eigenvalue weighted by molar-refractivity contribution is 6.06. The molecule has 0 fully saturated rings. The maximum Gasteiger partial charge on any atom is 0.239 e. The summed E-state index contributed by atoms with van der Waals surface area (Å²) in [5.74, 6) is -0.813. The average Bonchev–Trinajstić information content (AvgIpc) is 2.64. The Balaban J connectivity index is 2.26. The van der Waals surface area contributed by atoms with Crippen molar-refractivity contribution in [1.82, 2.24) is 4.90 Å². The van der Waals surface area contributed by atoms with Crippen LogP contribution in [0.25, 0.3) is 0 Å². The van der Waals surface area contributed by atoms with Crippen LogP contribution in [0.5, 0.6) is 0 Å². The van der Waals surface area contributed by atoms with Gasteiger partial charge in [0, 0.05) is 12.2 Å². The molecule has 1 heterocycles. The van der Waals surface area contributed by atoms with E-state index < -0.39 is 5.92 Å². The van der Waals surface area contributed by atoms with E-state index in [-0.39, 0.29) is 11.7 Å². The van der Waals surface area contributed by atoms with Gasteiger partial charge in [-0.1, -0.05) is 6.58 Å². The first-order chi connectivity index (χ1) is 9.54. The highest BCUT2D eigenvalue weighted by atomic mass is 19.1. The van der Waals surface area contributed by atoms with E-state index in [9.17, 15) is 9.18 Å². The molecule has 1 atom stereocenters. The second kappa shape index (κ2) is 6.04. The molecule has 0 aromatic heterocycles. The molecular weight excluding hydrogens is 255 g/mol. The van der Waals surface area contributed by atoms with Crippen molar-refractivity contribution in [3.8, 4) is 0 Å². The molecule has 0 spiro atoms. The van der Waals surface area contributed by atoms with E-state index in [0.29, 0.717) is 12.1 Å². The number of hydrogen-bond donors (Lipinski definition) is 0. The number of benzene rings is 1.